The molecule has 0 atom stereocenters. The Morgan fingerprint density at radius 1 is 0.739 bits per heavy atom. The number of nitrogens with zero attached hydrogens (tertiary/aromatic N) is 1. The topological polar surface area (TPSA) is 140 Å². The second-order valence-corrected chi connectivity index (χ2v) is 10.6. The first kappa shape index (κ1) is 35.6. The van der Waals surface area contributed by atoms with Gasteiger partial charge >= 0.3 is 11.9 Å². The largest absolute Gasteiger partial charge is 0.465 e. The molecule has 0 spiro atoms. The molecule has 0 heterocycles. The number of carbonyl (C=O) groups is 4. The summed E-state index contributed by atoms with van der Waals surface area (Å²) in [6, 6.07) is 24.7. The van der Waals surface area contributed by atoms with Crippen LogP contribution in [-0.2, 0) is 16.1 Å². The van der Waals surface area contributed by atoms with Crippen LogP contribution in [0.2, 0.25) is 10.0 Å². The number of hydrogen-bond donors (Lipinski definition) is 3. The van der Waals surface area contributed by atoms with Gasteiger partial charge in [0.05, 0.1) is 29.5 Å². The standard InChI is InChI=1S/C26H26ClN3O4.C8H8ClNO2/c1-3-30(4-2)17-18-9-8-12-20(15-18)24(31)28-23-14-13-21(27)16-22(23)25(32)29-34-26(33)19-10-6-5-7-11-19;1-12-8(11)6-4-5(9)2-3-7(6)10/h5-16H,3-4,17H2,1-2H3,(H,28,31)(H,29,32);2-4H,10H2,1H3. The lowest BCUT2D eigenvalue weighted by Crippen LogP contribution is -2.28. The quantitative estimate of drug-likeness (QED) is 0.103. The lowest BCUT2D eigenvalue weighted by molar-refractivity contribution is 0.0230. The van der Waals surface area contributed by atoms with Crippen LogP contribution in [0.5, 0.6) is 0 Å². The van der Waals surface area contributed by atoms with Gasteiger partial charge in [0.25, 0.3) is 11.8 Å². The van der Waals surface area contributed by atoms with Crippen molar-refractivity contribution in [3.8, 4) is 0 Å². The fourth-order valence-corrected chi connectivity index (χ4v) is 4.46. The number of benzene rings is 4. The first-order valence-electron chi connectivity index (χ1n) is 14.2. The number of esters is 1. The molecule has 0 aliphatic heterocycles. The summed E-state index contributed by atoms with van der Waals surface area (Å²) in [5.41, 5.74) is 10.3. The Morgan fingerprint density at radius 3 is 2.02 bits per heavy atom. The van der Waals surface area contributed by atoms with E-state index in [2.05, 4.69) is 34.3 Å². The number of ether oxygens (including phenoxy) is 1. The van der Waals surface area contributed by atoms with E-state index in [4.69, 9.17) is 33.8 Å². The first-order valence-corrected chi connectivity index (χ1v) is 14.9. The van der Waals surface area contributed by atoms with Crippen molar-refractivity contribution in [1.82, 2.24) is 10.4 Å². The fraction of sp³-hybridized carbons (Fsp3) is 0.176. The van der Waals surface area contributed by atoms with E-state index in [-0.39, 0.29) is 22.7 Å². The SMILES string of the molecule is CCN(CC)Cc1cccc(C(=O)Nc2ccc(Cl)cc2C(=O)NOC(=O)c2ccccc2)c1.COC(=O)c1cc(Cl)ccc1N. The molecule has 12 heteroatoms. The third kappa shape index (κ3) is 10.3. The van der Waals surface area contributed by atoms with Gasteiger partial charge in [-0.05, 0) is 79.3 Å². The number of nitrogen functional groups attached to an aromatic ring is 1. The second kappa shape index (κ2) is 17.6. The number of anilines is 2. The molecule has 0 aliphatic carbocycles. The van der Waals surface area contributed by atoms with Gasteiger partial charge in [0, 0.05) is 27.8 Å². The van der Waals surface area contributed by atoms with Crippen LogP contribution >= 0.6 is 23.2 Å². The number of nitrogens with one attached hydrogen (secondary N) is 2. The lowest BCUT2D eigenvalue weighted by Gasteiger charge is -2.18. The van der Waals surface area contributed by atoms with Crippen LogP contribution < -0.4 is 16.5 Å². The zero-order valence-electron chi connectivity index (χ0n) is 25.5. The minimum absolute atomic E-state index is 0.0565. The van der Waals surface area contributed by atoms with Gasteiger partial charge in [-0.1, -0.05) is 67.4 Å². The summed E-state index contributed by atoms with van der Waals surface area (Å²) >= 11 is 11.7. The van der Waals surface area contributed by atoms with Gasteiger partial charge in [0.1, 0.15) is 0 Å². The van der Waals surface area contributed by atoms with Gasteiger partial charge in [-0.25, -0.2) is 9.59 Å². The molecule has 0 bridgehead atoms. The summed E-state index contributed by atoms with van der Waals surface area (Å²) in [6.07, 6.45) is 0. The molecule has 4 rings (SSSR count). The smallest absolute Gasteiger partial charge is 0.362 e. The van der Waals surface area contributed by atoms with Crippen LogP contribution in [0.3, 0.4) is 0 Å². The van der Waals surface area contributed by atoms with E-state index in [1.165, 1.54) is 25.3 Å². The Morgan fingerprint density at radius 2 is 1.37 bits per heavy atom. The van der Waals surface area contributed by atoms with E-state index in [0.29, 0.717) is 26.9 Å². The van der Waals surface area contributed by atoms with Gasteiger partial charge in [-0.3, -0.25) is 14.5 Å². The third-order valence-electron chi connectivity index (χ3n) is 6.63. The molecule has 46 heavy (non-hydrogen) atoms. The van der Waals surface area contributed by atoms with Crippen molar-refractivity contribution in [2.45, 2.75) is 20.4 Å². The molecular weight excluding hydrogens is 631 g/mol. The average molecular weight is 666 g/mol. The number of nitrogens with two attached hydrogens (primary N) is 1. The number of hydroxylamine groups is 1. The number of halogens is 2. The molecule has 0 fully saturated rings. The zero-order valence-corrected chi connectivity index (χ0v) is 27.0. The Hall–Kier alpha value is -4.90. The molecule has 0 radical (unpaired) electrons. The van der Waals surface area contributed by atoms with Crippen LogP contribution in [0, 0.1) is 0 Å². The Bertz CT molecular complexity index is 1680. The van der Waals surface area contributed by atoms with Crippen molar-refractivity contribution >= 4 is 58.3 Å². The number of methoxy groups -OCH3 is 1. The molecule has 0 aliphatic rings. The van der Waals surface area contributed by atoms with Crippen LogP contribution in [-0.4, -0.2) is 48.9 Å². The highest BCUT2D eigenvalue weighted by Gasteiger charge is 2.18. The summed E-state index contributed by atoms with van der Waals surface area (Å²) in [5.74, 6) is -2.29. The minimum atomic E-state index is -0.725. The van der Waals surface area contributed by atoms with Crippen LogP contribution in [0.1, 0.15) is 60.8 Å². The predicted octanol–water partition coefficient (Wildman–Crippen LogP) is 6.64. The molecule has 240 valence electrons. The molecule has 4 aromatic carbocycles. The molecule has 4 N–H and O–H groups in total. The van der Waals surface area contributed by atoms with E-state index in [1.807, 2.05) is 18.2 Å². The van der Waals surface area contributed by atoms with Crippen molar-refractivity contribution in [3.63, 3.8) is 0 Å². The summed E-state index contributed by atoms with van der Waals surface area (Å²) in [4.78, 5) is 55.9. The van der Waals surface area contributed by atoms with Crippen LogP contribution in [0.15, 0.2) is 91.0 Å². The lowest BCUT2D eigenvalue weighted by atomic mass is 10.1. The van der Waals surface area contributed by atoms with Crippen LogP contribution in [0.25, 0.3) is 0 Å². The van der Waals surface area contributed by atoms with Gasteiger partial charge in [0.2, 0.25) is 0 Å². The van der Waals surface area contributed by atoms with Gasteiger partial charge in [0.15, 0.2) is 0 Å². The molecule has 4 aromatic rings. The van der Waals surface area contributed by atoms with E-state index in [9.17, 15) is 19.2 Å². The number of carbonyl (C=O) groups excluding carboxylic acids is 4. The summed E-state index contributed by atoms with van der Waals surface area (Å²) in [5, 5.41) is 3.50. The molecule has 0 aromatic heterocycles. The first-order chi connectivity index (χ1) is 22.1. The van der Waals surface area contributed by atoms with Crippen LogP contribution in [0.4, 0.5) is 11.4 Å². The van der Waals surface area contributed by atoms with Crippen molar-refractivity contribution in [3.05, 3.63) is 129 Å². The fourth-order valence-electron chi connectivity index (χ4n) is 4.12. The van der Waals surface area contributed by atoms with E-state index in [0.717, 1.165) is 25.2 Å². The zero-order chi connectivity index (χ0) is 33.6. The summed E-state index contributed by atoms with van der Waals surface area (Å²) in [7, 11) is 1.29. The normalized spacial score (nSPS) is 10.3. The van der Waals surface area contributed by atoms with Crippen molar-refractivity contribution in [2.75, 3.05) is 31.2 Å². The van der Waals surface area contributed by atoms with Crippen molar-refractivity contribution in [1.29, 1.82) is 0 Å². The molecule has 0 unspecified atom stereocenters. The number of hydrogen-bond acceptors (Lipinski definition) is 8. The van der Waals surface area contributed by atoms with E-state index in [1.54, 1.807) is 54.6 Å². The highest BCUT2D eigenvalue weighted by molar-refractivity contribution is 6.31. The second-order valence-electron chi connectivity index (χ2n) is 9.72. The van der Waals surface area contributed by atoms with Gasteiger partial charge in [-0.2, -0.15) is 5.48 Å². The number of amides is 2. The van der Waals surface area contributed by atoms with Gasteiger partial charge in [-0.15, -0.1) is 0 Å². The highest BCUT2D eigenvalue weighted by atomic mass is 35.5. The maximum Gasteiger partial charge on any atom is 0.362 e. The summed E-state index contributed by atoms with van der Waals surface area (Å²) < 4.78 is 4.49. The summed E-state index contributed by atoms with van der Waals surface area (Å²) in [6.45, 7) is 6.72. The van der Waals surface area contributed by atoms with Gasteiger partial charge < -0.3 is 20.6 Å². The van der Waals surface area contributed by atoms with E-state index >= 15 is 0 Å². The monoisotopic (exact) mass is 664 g/mol. The maximum absolute atomic E-state index is 12.9. The number of rotatable bonds is 9. The molecular formula is C34H34Cl2N4O6. The molecule has 10 nitrogen and oxygen atoms in total. The third-order valence-corrected chi connectivity index (χ3v) is 7.10. The Kier molecular flexibility index (Phi) is 13.6. The predicted molar refractivity (Wildman–Crippen MR) is 179 cm³/mol. The van der Waals surface area contributed by atoms with Crippen molar-refractivity contribution in [2.24, 2.45) is 0 Å². The highest BCUT2D eigenvalue weighted by Crippen LogP contribution is 2.22. The Balaban J connectivity index is 0.000000402. The Labute approximate surface area is 277 Å². The minimum Gasteiger partial charge on any atom is -0.465 e. The molecule has 2 amide bonds. The van der Waals surface area contributed by atoms with E-state index < -0.39 is 17.8 Å². The average Bonchev–Trinajstić information content (AvgIpc) is 3.08. The van der Waals surface area contributed by atoms with Crippen molar-refractivity contribution < 1.29 is 28.8 Å². The molecule has 0 saturated carbocycles. The molecule has 0 saturated heterocycles. The maximum atomic E-state index is 12.9.